The lowest BCUT2D eigenvalue weighted by atomic mass is 10.2. The maximum absolute atomic E-state index is 12.1. The molecular formula is C15H17N3O4. The zero-order valence-electron chi connectivity index (χ0n) is 12.3. The van der Waals surface area contributed by atoms with Crippen LogP contribution in [-0.4, -0.2) is 23.1 Å². The molecule has 0 aliphatic carbocycles. The molecule has 0 bridgehead atoms. The van der Waals surface area contributed by atoms with Crippen molar-refractivity contribution in [3.05, 3.63) is 41.7 Å². The summed E-state index contributed by atoms with van der Waals surface area (Å²) in [5.41, 5.74) is 6.43. The van der Waals surface area contributed by atoms with Crippen LogP contribution in [0.5, 0.6) is 0 Å². The third-order valence-electron chi connectivity index (χ3n) is 2.94. The largest absolute Gasteiger partial charge is 0.449 e. The molecule has 0 spiro atoms. The zero-order valence-corrected chi connectivity index (χ0v) is 12.3. The van der Waals surface area contributed by atoms with E-state index in [0.717, 1.165) is 0 Å². The van der Waals surface area contributed by atoms with Crippen LogP contribution in [0.15, 0.2) is 34.9 Å². The van der Waals surface area contributed by atoms with Gasteiger partial charge in [-0.2, -0.15) is 0 Å². The Morgan fingerprint density at radius 2 is 2.05 bits per heavy atom. The SMILES string of the molecule is CCC(OC(=O)c1ccc(N)cc1)C(=O)Nc1cc(C)on1. The topological polar surface area (TPSA) is 107 Å². The molecule has 1 aromatic heterocycles. The second-order valence-electron chi connectivity index (χ2n) is 4.74. The van der Waals surface area contributed by atoms with Crippen molar-refractivity contribution >= 4 is 23.4 Å². The summed E-state index contributed by atoms with van der Waals surface area (Å²) in [7, 11) is 0. The Balaban J connectivity index is 2.00. The number of hydrogen-bond acceptors (Lipinski definition) is 6. The summed E-state index contributed by atoms with van der Waals surface area (Å²) in [4.78, 5) is 24.1. The molecule has 1 heterocycles. The van der Waals surface area contributed by atoms with Gasteiger partial charge in [0, 0.05) is 11.8 Å². The molecule has 1 amide bonds. The van der Waals surface area contributed by atoms with Gasteiger partial charge in [0.1, 0.15) is 5.76 Å². The molecule has 0 saturated heterocycles. The maximum atomic E-state index is 12.1. The number of carbonyl (C=O) groups is 2. The summed E-state index contributed by atoms with van der Waals surface area (Å²) >= 11 is 0. The number of rotatable bonds is 5. The predicted molar refractivity (Wildman–Crippen MR) is 80.2 cm³/mol. The van der Waals surface area contributed by atoms with Crippen LogP contribution in [0.3, 0.4) is 0 Å². The van der Waals surface area contributed by atoms with Crippen molar-refractivity contribution in [3.8, 4) is 0 Å². The molecule has 22 heavy (non-hydrogen) atoms. The number of nitrogen functional groups attached to an aromatic ring is 1. The summed E-state index contributed by atoms with van der Waals surface area (Å²) in [5, 5.41) is 6.20. The van der Waals surface area contributed by atoms with Gasteiger partial charge in [-0.3, -0.25) is 4.79 Å². The van der Waals surface area contributed by atoms with Gasteiger partial charge >= 0.3 is 5.97 Å². The van der Waals surface area contributed by atoms with Gasteiger partial charge in [0.15, 0.2) is 11.9 Å². The van der Waals surface area contributed by atoms with E-state index in [9.17, 15) is 9.59 Å². The molecule has 1 atom stereocenters. The van der Waals surface area contributed by atoms with E-state index in [1.165, 1.54) is 0 Å². The highest BCUT2D eigenvalue weighted by molar-refractivity contribution is 5.97. The molecule has 1 aromatic carbocycles. The van der Waals surface area contributed by atoms with E-state index in [1.54, 1.807) is 44.2 Å². The molecule has 2 aromatic rings. The molecule has 7 heteroatoms. The summed E-state index contributed by atoms with van der Waals surface area (Å²) in [6.07, 6.45) is -0.578. The van der Waals surface area contributed by atoms with Crippen LogP contribution in [0, 0.1) is 6.92 Å². The van der Waals surface area contributed by atoms with Gasteiger partial charge < -0.3 is 20.3 Å². The third kappa shape index (κ3) is 3.85. The number of nitrogens with zero attached hydrogens (tertiary/aromatic N) is 1. The van der Waals surface area contributed by atoms with E-state index in [0.29, 0.717) is 23.4 Å². The van der Waals surface area contributed by atoms with Crippen LogP contribution in [0.2, 0.25) is 0 Å². The summed E-state index contributed by atoms with van der Waals surface area (Å²) < 4.78 is 10.1. The van der Waals surface area contributed by atoms with E-state index >= 15 is 0 Å². The van der Waals surface area contributed by atoms with Gasteiger partial charge in [-0.25, -0.2) is 4.79 Å². The Hall–Kier alpha value is -2.83. The number of anilines is 2. The maximum Gasteiger partial charge on any atom is 0.338 e. The van der Waals surface area contributed by atoms with E-state index in [-0.39, 0.29) is 5.82 Å². The average Bonchev–Trinajstić information content (AvgIpc) is 2.90. The van der Waals surface area contributed by atoms with Crippen LogP contribution in [0.25, 0.3) is 0 Å². The molecule has 116 valence electrons. The van der Waals surface area contributed by atoms with Gasteiger partial charge in [-0.05, 0) is 37.6 Å². The first-order valence-corrected chi connectivity index (χ1v) is 6.80. The quantitative estimate of drug-likeness (QED) is 0.647. The highest BCUT2D eigenvalue weighted by Gasteiger charge is 2.22. The lowest BCUT2D eigenvalue weighted by Gasteiger charge is -2.15. The summed E-state index contributed by atoms with van der Waals surface area (Å²) in [6, 6.07) is 7.85. The van der Waals surface area contributed by atoms with E-state index in [4.69, 9.17) is 15.0 Å². The first kappa shape index (κ1) is 15.6. The number of carbonyl (C=O) groups excluding carboxylic acids is 2. The van der Waals surface area contributed by atoms with Crippen molar-refractivity contribution < 1.29 is 18.8 Å². The minimum absolute atomic E-state index is 0.282. The van der Waals surface area contributed by atoms with Crippen LogP contribution in [0.1, 0.15) is 29.5 Å². The molecular weight excluding hydrogens is 286 g/mol. The minimum atomic E-state index is -0.915. The number of esters is 1. The monoisotopic (exact) mass is 303 g/mol. The van der Waals surface area contributed by atoms with Crippen molar-refractivity contribution in [1.29, 1.82) is 0 Å². The average molecular weight is 303 g/mol. The van der Waals surface area contributed by atoms with Crippen LogP contribution in [-0.2, 0) is 9.53 Å². The fourth-order valence-corrected chi connectivity index (χ4v) is 1.77. The predicted octanol–water partition coefficient (Wildman–Crippen LogP) is 2.14. The molecule has 0 aliphatic rings. The fraction of sp³-hybridized carbons (Fsp3) is 0.267. The molecule has 7 nitrogen and oxygen atoms in total. The Kier molecular flexibility index (Phi) is 4.77. The summed E-state index contributed by atoms with van der Waals surface area (Å²) in [5.74, 6) is -0.190. The van der Waals surface area contributed by atoms with Gasteiger partial charge in [-0.1, -0.05) is 12.1 Å². The first-order valence-electron chi connectivity index (χ1n) is 6.80. The van der Waals surface area contributed by atoms with Crippen LogP contribution < -0.4 is 11.1 Å². The number of amides is 1. The number of ether oxygens (including phenoxy) is 1. The Morgan fingerprint density at radius 3 is 2.59 bits per heavy atom. The van der Waals surface area contributed by atoms with Crippen molar-refractivity contribution in [2.75, 3.05) is 11.1 Å². The van der Waals surface area contributed by atoms with Crippen molar-refractivity contribution in [1.82, 2.24) is 5.16 Å². The van der Waals surface area contributed by atoms with E-state index in [2.05, 4.69) is 10.5 Å². The van der Waals surface area contributed by atoms with Crippen molar-refractivity contribution in [3.63, 3.8) is 0 Å². The first-order chi connectivity index (χ1) is 10.5. The van der Waals surface area contributed by atoms with E-state index in [1.807, 2.05) is 0 Å². The number of aromatic nitrogens is 1. The normalized spacial score (nSPS) is 11.7. The van der Waals surface area contributed by atoms with Crippen molar-refractivity contribution in [2.45, 2.75) is 26.4 Å². The van der Waals surface area contributed by atoms with Crippen LogP contribution >= 0.6 is 0 Å². The lowest BCUT2D eigenvalue weighted by Crippen LogP contribution is -2.32. The third-order valence-corrected chi connectivity index (χ3v) is 2.94. The molecule has 2 rings (SSSR count). The van der Waals surface area contributed by atoms with Crippen molar-refractivity contribution in [2.24, 2.45) is 0 Å². The smallest absolute Gasteiger partial charge is 0.338 e. The lowest BCUT2D eigenvalue weighted by molar-refractivity contribution is -0.124. The molecule has 0 radical (unpaired) electrons. The highest BCUT2D eigenvalue weighted by Crippen LogP contribution is 2.12. The Morgan fingerprint density at radius 1 is 1.36 bits per heavy atom. The number of benzene rings is 1. The minimum Gasteiger partial charge on any atom is -0.449 e. The Labute approximate surface area is 127 Å². The molecule has 0 saturated carbocycles. The second-order valence-corrected chi connectivity index (χ2v) is 4.74. The number of nitrogens with one attached hydrogen (secondary N) is 1. The van der Waals surface area contributed by atoms with Gasteiger partial charge in [0.25, 0.3) is 5.91 Å². The van der Waals surface area contributed by atoms with Crippen LogP contribution in [0.4, 0.5) is 11.5 Å². The zero-order chi connectivity index (χ0) is 16.1. The summed E-state index contributed by atoms with van der Waals surface area (Å²) in [6.45, 7) is 3.45. The molecule has 0 aliphatic heterocycles. The molecule has 3 N–H and O–H groups in total. The van der Waals surface area contributed by atoms with Gasteiger partial charge in [-0.15, -0.1) is 0 Å². The molecule has 0 fully saturated rings. The Bertz CT molecular complexity index is 664. The fourth-order valence-electron chi connectivity index (χ4n) is 1.77. The highest BCUT2D eigenvalue weighted by atomic mass is 16.5. The number of aryl methyl sites for hydroxylation is 1. The molecule has 1 unspecified atom stereocenters. The second kappa shape index (κ2) is 6.75. The number of hydrogen-bond donors (Lipinski definition) is 2. The van der Waals surface area contributed by atoms with Gasteiger partial charge in [0.05, 0.1) is 5.56 Å². The standard InChI is InChI=1S/C15H17N3O4/c1-3-12(14(19)17-13-8-9(2)22-18-13)21-15(20)10-4-6-11(16)7-5-10/h4-8,12H,3,16H2,1-2H3,(H,17,18,19). The van der Waals surface area contributed by atoms with Gasteiger partial charge in [0.2, 0.25) is 0 Å². The number of nitrogens with two attached hydrogens (primary N) is 1. The van der Waals surface area contributed by atoms with E-state index < -0.39 is 18.0 Å².